The molecule has 1 aliphatic rings. The van der Waals surface area contributed by atoms with Crippen LogP contribution in [0.25, 0.3) is 0 Å². The van der Waals surface area contributed by atoms with Crippen LogP contribution < -0.4 is 5.32 Å². The Labute approximate surface area is 108 Å². The highest BCUT2D eigenvalue weighted by atomic mass is 35.5. The van der Waals surface area contributed by atoms with Gasteiger partial charge < -0.3 is 5.32 Å². The van der Waals surface area contributed by atoms with Gasteiger partial charge >= 0.3 is 0 Å². The Morgan fingerprint density at radius 2 is 2.24 bits per heavy atom. The van der Waals surface area contributed by atoms with Crippen LogP contribution in [-0.2, 0) is 15.6 Å². The van der Waals surface area contributed by atoms with Crippen LogP contribution in [0, 0.1) is 5.92 Å². The van der Waals surface area contributed by atoms with Crippen molar-refractivity contribution < 1.29 is 8.42 Å². The van der Waals surface area contributed by atoms with Gasteiger partial charge in [0.15, 0.2) is 9.84 Å². The summed E-state index contributed by atoms with van der Waals surface area (Å²) in [4.78, 5) is 4.04. The van der Waals surface area contributed by atoms with E-state index in [-0.39, 0.29) is 29.8 Å². The first-order valence-electron chi connectivity index (χ1n) is 5.47. The zero-order valence-electron chi connectivity index (χ0n) is 9.50. The van der Waals surface area contributed by atoms with E-state index in [2.05, 4.69) is 10.3 Å². The summed E-state index contributed by atoms with van der Waals surface area (Å²) in [7, 11) is -3.02. The zero-order valence-corrected chi connectivity index (χ0v) is 11.1. The van der Waals surface area contributed by atoms with Crippen molar-refractivity contribution in [2.75, 3.05) is 18.8 Å². The van der Waals surface area contributed by atoms with Crippen LogP contribution in [0.1, 0.15) is 12.1 Å². The molecule has 1 aromatic rings. The van der Waals surface area contributed by atoms with E-state index in [9.17, 15) is 8.42 Å². The number of hydrogen-bond acceptors (Lipinski definition) is 4. The third-order valence-corrected chi connectivity index (χ3v) is 4.46. The molecule has 17 heavy (non-hydrogen) atoms. The largest absolute Gasteiger partial charge is 0.316 e. The summed E-state index contributed by atoms with van der Waals surface area (Å²) in [5.41, 5.74) is 0.633. The van der Waals surface area contributed by atoms with E-state index in [1.165, 1.54) is 0 Å². The number of rotatable bonds is 4. The van der Waals surface area contributed by atoms with E-state index >= 15 is 0 Å². The Bertz CT molecular complexity index is 430. The van der Waals surface area contributed by atoms with Crippen LogP contribution >= 0.6 is 12.4 Å². The molecule has 96 valence electrons. The summed E-state index contributed by atoms with van der Waals surface area (Å²) in [6.07, 6.45) is 2.59. The summed E-state index contributed by atoms with van der Waals surface area (Å²) in [5, 5.41) is 3.18. The highest BCUT2D eigenvalue weighted by molar-refractivity contribution is 7.90. The van der Waals surface area contributed by atoms with Gasteiger partial charge in [-0.1, -0.05) is 6.07 Å². The van der Waals surface area contributed by atoms with Gasteiger partial charge in [0.1, 0.15) is 0 Å². The van der Waals surface area contributed by atoms with Crippen molar-refractivity contribution in [3.63, 3.8) is 0 Å². The smallest absolute Gasteiger partial charge is 0.156 e. The van der Waals surface area contributed by atoms with Gasteiger partial charge in [-0.05, 0) is 37.6 Å². The molecule has 2 heterocycles. The monoisotopic (exact) mass is 276 g/mol. The minimum Gasteiger partial charge on any atom is -0.316 e. The molecule has 0 bridgehead atoms. The molecule has 1 aromatic heterocycles. The summed E-state index contributed by atoms with van der Waals surface area (Å²) in [5.74, 6) is 0.606. The average Bonchev–Trinajstić information content (AvgIpc) is 2.70. The molecule has 2 rings (SSSR count). The maximum Gasteiger partial charge on any atom is 0.156 e. The quantitative estimate of drug-likeness (QED) is 0.892. The Hall–Kier alpha value is -0.650. The lowest BCUT2D eigenvalue weighted by Crippen LogP contribution is -2.20. The van der Waals surface area contributed by atoms with Crippen LogP contribution in [0.2, 0.25) is 0 Å². The number of aromatic nitrogens is 1. The van der Waals surface area contributed by atoms with Crippen LogP contribution in [0.3, 0.4) is 0 Å². The summed E-state index contributed by atoms with van der Waals surface area (Å²) in [6, 6.07) is 5.36. The standard InChI is InChI=1S/C11H16N2O2S.ClH/c14-16(15,8-10-4-6-12-7-10)9-11-3-1-2-5-13-11;/h1-3,5,10,12H,4,6-9H2;1H. The normalized spacial score (nSPS) is 19.9. The van der Waals surface area contributed by atoms with Gasteiger partial charge in [0.2, 0.25) is 0 Å². The molecular weight excluding hydrogens is 260 g/mol. The van der Waals surface area contributed by atoms with Crippen molar-refractivity contribution in [3.05, 3.63) is 30.1 Å². The predicted octanol–water partition coefficient (Wildman–Crippen LogP) is 1.03. The highest BCUT2D eigenvalue weighted by Gasteiger charge is 2.22. The molecular formula is C11H17ClN2O2S. The molecule has 0 spiro atoms. The van der Waals surface area contributed by atoms with E-state index in [1.807, 2.05) is 6.07 Å². The van der Waals surface area contributed by atoms with Crippen molar-refractivity contribution in [2.24, 2.45) is 5.92 Å². The molecule has 1 N–H and O–H groups in total. The number of hydrogen-bond donors (Lipinski definition) is 1. The minimum atomic E-state index is -3.02. The fourth-order valence-corrected chi connectivity index (χ4v) is 3.73. The predicted molar refractivity (Wildman–Crippen MR) is 70.0 cm³/mol. The molecule has 0 aliphatic carbocycles. The second-order valence-electron chi connectivity index (χ2n) is 4.23. The van der Waals surface area contributed by atoms with Gasteiger partial charge in [0.05, 0.1) is 17.2 Å². The Morgan fingerprint density at radius 3 is 2.82 bits per heavy atom. The topological polar surface area (TPSA) is 59.1 Å². The Morgan fingerprint density at radius 1 is 1.41 bits per heavy atom. The van der Waals surface area contributed by atoms with Crippen LogP contribution in [0.4, 0.5) is 0 Å². The third kappa shape index (κ3) is 4.61. The molecule has 1 aliphatic heterocycles. The second kappa shape index (κ2) is 6.33. The first kappa shape index (κ1) is 14.4. The number of pyridine rings is 1. The Kier molecular flexibility index (Phi) is 5.36. The molecule has 1 atom stereocenters. The van der Waals surface area contributed by atoms with Gasteiger partial charge in [0, 0.05) is 6.20 Å². The van der Waals surface area contributed by atoms with E-state index in [4.69, 9.17) is 0 Å². The number of halogens is 1. The maximum absolute atomic E-state index is 11.9. The average molecular weight is 277 g/mol. The molecule has 1 fully saturated rings. The summed E-state index contributed by atoms with van der Waals surface area (Å²) in [6.45, 7) is 1.76. The number of sulfone groups is 1. The van der Waals surface area contributed by atoms with Gasteiger partial charge in [-0.15, -0.1) is 12.4 Å². The van der Waals surface area contributed by atoms with Crippen molar-refractivity contribution in [1.82, 2.24) is 10.3 Å². The van der Waals surface area contributed by atoms with E-state index in [0.29, 0.717) is 5.69 Å². The molecule has 0 saturated carbocycles. The lowest BCUT2D eigenvalue weighted by atomic mass is 10.2. The van der Waals surface area contributed by atoms with Crippen molar-refractivity contribution in [1.29, 1.82) is 0 Å². The van der Waals surface area contributed by atoms with Gasteiger partial charge in [-0.3, -0.25) is 4.98 Å². The summed E-state index contributed by atoms with van der Waals surface area (Å²) < 4.78 is 23.8. The van der Waals surface area contributed by atoms with E-state index < -0.39 is 9.84 Å². The molecule has 0 amide bonds. The highest BCUT2D eigenvalue weighted by Crippen LogP contribution is 2.13. The lowest BCUT2D eigenvalue weighted by Gasteiger charge is -2.08. The molecule has 0 aromatic carbocycles. The molecule has 4 nitrogen and oxygen atoms in total. The van der Waals surface area contributed by atoms with Crippen LogP contribution in [0.15, 0.2) is 24.4 Å². The maximum atomic E-state index is 11.9. The third-order valence-electron chi connectivity index (χ3n) is 2.75. The minimum absolute atomic E-state index is 0. The first-order valence-corrected chi connectivity index (χ1v) is 7.29. The van der Waals surface area contributed by atoms with Crippen molar-refractivity contribution >= 4 is 22.2 Å². The number of nitrogens with zero attached hydrogens (tertiary/aromatic N) is 1. The Balaban J connectivity index is 0.00000144. The lowest BCUT2D eigenvalue weighted by molar-refractivity contribution is 0.569. The molecule has 6 heteroatoms. The van der Waals surface area contributed by atoms with Gasteiger partial charge in [-0.25, -0.2) is 8.42 Å². The van der Waals surface area contributed by atoms with E-state index in [0.717, 1.165) is 19.5 Å². The van der Waals surface area contributed by atoms with Crippen molar-refractivity contribution in [3.8, 4) is 0 Å². The molecule has 1 unspecified atom stereocenters. The van der Waals surface area contributed by atoms with Crippen LogP contribution in [0.5, 0.6) is 0 Å². The molecule has 0 radical (unpaired) electrons. The molecule has 1 saturated heterocycles. The number of nitrogens with one attached hydrogen (secondary N) is 1. The second-order valence-corrected chi connectivity index (χ2v) is 6.34. The van der Waals surface area contributed by atoms with E-state index in [1.54, 1.807) is 18.3 Å². The van der Waals surface area contributed by atoms with Gasteiger partial charge in [-0.2, -0.15) is 0 Å². The fourth-order valence-electron chi connectivity index (χ4n) is 1.98. The summed E-state index contributed by atoms with van der Waals surface area (Å²) >= 11 is 0. The first-order chi connectivity index (χ1) is 7.66. The zero-order chi connectivity index (χ0) is 11.4. The van der Waals surface area contributed by atoms with Crippen LogP contribution in [-0.4, -0.2) is 32.2 Å². The SMILES string of the molecule is Cl.O=S(=O)(Cc1ccccn1)CC1CCNC1. The van der Waals surface area contributed by atoms with Crippen molar-refractivity contribution in [2.45, 2.75) is 12.2 Å². The fraction of sp³-hybridized carbons (Fsp3) is 0.545. The van der Waals surface area contributed by atoms with Gasteiger partial charge in [0.25, 0.3) is 0 Å².